The number of ether oxygens (including phenoxy) is 2. The number of nitrogens with one attached hydrogen (secondary N) is 2. The number of benzene rings is 2. The molecule has 0 atom stereocenters. The van der Waals surface area contributed by atoms with Gasteiger partial charge >= 0.3 is 0 Å². The maximum Gasteiger partial charge on any atom is 0.270 e. The normalized spacial score (nSPS) is 10.7. The molecule has 0 aliphatic heterocycles. The summed E-state index contributed by atoms with van der Waals surface area (Å²) in [7, 11) is 0. The fourth-order valence-electron chi connectivity index (χ4n) is 3.03. The van der Waals surface area contributed by atoms with E-state index in [4.69, 9.17) is 15.2 Å². The van der Waals surface area contributed by atoms with Crippen LogP contribution in [0.15, 0.2) is 54.6 Å². The van der Waals surface area contributed by atoms with E-state index in [1.165, 1.54) is 17.7 Å². The predicted octanol–water partition coefficient (Wildman–Crippen LogP) is 2.51. The van der Waals surface area contributed by atoms with E-state index in [2.05, 4.69) is 37.7 Å². The van der Waals surface area contributed by atoms with Gasteiger partial charge in [-0.25, -0.2) is 0 Å². The molecule has 2 aromatic carbocycles. The van der Waals surface area contributed by atoms with Gasteiger partial charge in [0.05, 0.1) is 31.4 Å². The molecule has 34 heavy (non-hydrogen) atoms. The maximum absolute atomic E-state index is 11.2. The van der Waals surface area contributed by atoms with Crippen molar-refractivity contribution in [2.24, 2.45) is 5.73 Å². The van der Waals surface area contributed by atoms with Crippen LogP contribution in [-0.2, 0) is 15.9 Å². The Morgan fingerprint density at radius 3 is 2.26 bits per heavy atom. The number of rotatable bonds is 15. The van der Waals surface area contributed by atoms with Crippen LogP contribution in [0.1, 0.15) is 5.56 Å². The fourth-order valence-corrected chi connectivity index (χ4v) is 3.03. The molecule has 0 spiro atoms. The number of nitrogens with zero attached hydrogens (tertiary/aromatic N) is 4. The number of hydrogen-bond acceptors (Lipinski definition) is 10. The van der Waals surface area contributed by atoms with Crippen molar-refractivity contribution in [2.75, 3.05) is 56.7 Å². The van der Waals surface area contributed by atoms with Crippen molar-refractivity contribution in [2.45, 2.75) is 6.42 Å². The average molecular weight is 468 g/mol. The minimum atomic E-state index is -0.447. The quantitative estimate of drug-likeness (QED) is 0.173. The number of non-ortho nitro benzene ring substituents is 1. The van der Waals surface area contributed by atoms with Gasteiger partial charge in [0.1, 0.15) is 0 Å². The van der Waals surface area contributed by atoms with Gasteiger partial charge in [0.25, 0.3) is 5.69 Å². The number of nitro benzene ring substituents is 1. The highest BCUT2D eigenvalue weighted by atomic mass is 16.6. The molecule has 11 heteroatoms. The molecule has 4 N–H and O–H groups in total. The lowest BCUT2D eigenvalue weighted by atomic mass is 10.1. The Balaban J connectivity index is 1.66. The second-order valence-corrected chi connectivity index (χ2v) is 7.22. The third-order valence-corrected chi connectivity index (χ3v) is 4.65. The van der Waals surface area contributed by atoms with E-state index in [0.717, 1.165) is 6.42 Å². The number of hydrogen-bond donors (Lipinski definition) is 3. The van der Waals surface area contributed by atoms with Gasteiger partial charge < -0.3 is 25.8 Å². The zero-order chi connectivity index (χ0) is 24.0. The van der Waals surface area contributed by atoms with Crippen LogP contribution in [0.4, 0.5) is 17.6 Å². The van der Waals surface area contributed by atoms with E-state index in [1.807, 2.05) is 18.2 Å². The average Bonchev–Trinajstić information content (AvgIpc) is 2.86. The monoisotopic (exact) mass is 467 g/mol. The molecule has 11 nitrogen and oxygen atoms in total. The minimum Gasteiger partial charge on any atom is -0.378 e. The molecular formula is C23H29N7O4. The maximum atomic E-state index is 11.2. The summed E-state index contributed by atoms with van der Waals surface area (Å²) in [4.78, 5) is 24.1. The molecule has 0 amide bonds. The molecule has 0 radical (unpaired) electrons. The summed E-state index contributed by atoms with van der Waals surface area (Å²) >= 11 is 0. The largest absolute Gasteiger partial charge is 0.378 e. The van der Waals surface area contributed by atoms with Crippen LogP contribution in [0, 0.1) is 10.1 Å². The zero-order valence-corrected chi connectivity index (χ0v) is 18.9. The highest BCUT2D eigenvalue weighted by Crippen LogP contribution is 2.22. The van der Waals surface area contributed by atoms with Crippen molar-refractivity contribution >= 4 is 17.6 Å². The standard InChI is InChI=1S/C23H29N7O4/c24-10-13-33-15-16-34-14-12-26-23-28-21(19-7-4-8-20(17-19)30(31)32)27-22(29-23)25-11-9-18-5-2-1-3-6-18/h1-8,17H,9-16,24H2,(H2,25,26,27,28,29). The minimum absolute atomic E-state index is 0.0312. The zero-order valence-electron chi connectivity index (χ0n) is 18.9. The van der Waals surface area contributed by atoms with Crippen molar-refractivity contribution in [3.05, 3.63) is 70.3 Å². The van der Waals surface area contributed by atoms with Gasteiger partial charge in [0, 0.05) is 37.3 Å². The first kappa shape index (κ1) is 25.0. The number of nitrogens with two attached hydrogens (primary N) is 1. The molecule has 180 valence electrons. The molecule has 0 aliphatic carbocycles. The van der Waals surface area contributed by atoms with E-state index in [0.29, 0.717) is 69.3 Å². The van der Waals surface area contributed by atoms with Crippen LogP contribution in [0.3, 0.4) is 0 Å². The van der Waals surface area contributed by atoms with Crippen molar-refractivity contribution in [3.8, 4) is 11.4 Å². The Morgan fingerprint density at radius 2 is 1.56 bits per heavy atom. The molecule has 1 aromatic heterocycles. The lowest BCUT2D eigenvalue weighted by Gasteiger charge is -2.11. The second kappa shape index (κ2) is 13.8. The topological polar surface area (TPSA) is 150 Å². The van der Waals surface area contributed by atoms with E-state index < -0.39 is 4.92 Å². The van der Waals surface area contributed by atoms with Crippen LogP contribution in [0.2, 0.25) is 0 Å². The Kier molecular flexibility index (Phi) is 10.1. The smallest absolute Gasteiger partial charge is 0.270 e. The van der Waals surface area contributed by atoms with Crippen molar-refractivity contribution in [1.82, 2.24) is 15.0 Å². The van der Waals surface area contributed by atoms with E-state index in [9.17, 15) is 10.1 Å². The fraction of sp³-hybridized carbons (Fsp3) is 0.348. The first-order valence-electron chi connectivity index (χ1n) is 11.0. The summed E-state index contributed by atoms with van der Waals surface area (Å²) in [6.45, 7) is 3.45. The lowest BCUT2D eigenvalue weighted by molar-refractivity contribution is -0.384. The van der Waals surface area contributed by atoms with Gasteiger partial charge in [-0.1, -0.05) is 42.5 Å². The predicted molar refractivity (Wildman–Crippen MR) is 130 cm³/mol. The summed E-state index contributed by atoms with van der Waals surface area (Å²) in [5, 5.41) is 17.5. The molecule has 3 rings (SSSR count). The van der Waals surface area contributed by atoms with Crippen LogP contribution in [0.25, 0.3) is 11.4 Å². The Hall–Kier alpha value is -3.67. The summed E-state index contributed by atoms with van der Waals surface area (Å²) in [6.07, 6.45) is 0.793. The SMILES string of the molecule is NCCOCCOCCNc1nc(NCCc2ccccc2)nc(-c2cccc([N+](=O)[O-])c2)n1. The van der Waals surface area contributed by atoms with Crippen molar-refractivity contribution in [3.63, 3.8) is 0 Å². The highest BCUT2D eigenvalue weighted by Gasteiger charge is 2.12. The van der Waals surface area contributed by atoms with E-state index in [1.54, 1.807) is 12.1 Å². The van der Waals surface area contributed by atoms with Crippen LogP contribution in [0.5, 0.6) is 0 Å². The van der Waals surface area contributed by atoms with Gasteiger partial charge in [0.15, 0.2) is 5.82 Å². The van der Waals surface area contributed by atoms with Gasteiger partial charge in [-0.2, -0.15) is 15.0 Å². The number of aromatic nitrogens is 3. The van der Waals surface area contributed by atoms with Gasteiger partial charge in [-0.15, -0.1) is 0 Å². The number of anilines is 2. The molecule has 1 heterocycles. The Morgan fingerprint density at radius 1 is 0.853 bits per heavy atom. The summed E-state index contributed by atoms with van der Waals surface area (Å²) < 4.78 is 10.8. The van der Waals surface area contributed by atoms with E-state index in [-0.39, 0.29) is 5.69 Å². The van der Waals surface area contributed by atoms with Crippen LogP contribution in [-0.4, -0.2) is 65.9 Å². The van der Waals surface area contributed by atoms with Gasteiger partial charge in [-0.05, 0) is 12.0 Å². The molecule has 0 bridgehead atoms. The molecule has 3 aromatic rings. The van der Waals surface area contributed by atoms with Gasteiger partial charge in [-0.3, -0.25) is 10.1 Å². The van der Waals surface area contributed by atoms with Crippen LogP contribution >= 0.6 is 0 Å². The molecule has 0 unspecified atom stereocenters. The Bertz CT molecular complexity index is 1040. The highest BCUT2D eigenvalue weighted by molar-refractivity contribution is 5.61. The second-order valence-electron chi connectivity index (χ2n) is 7.22. The molecule has 0 aliphatic rings. The third kappa shape index (κ3) is 8.35. The molecular weight excluding hydrogens is 438 g/mol. The van der Waals surface area contributed by atoms with E-state index >= 15 is 0 Å². The first-order valence-corrected chi connectivity index (χ1v) is 11.0. The summed E-state index contributed by atoms with van der Waals surface area (Å²) in [5.41, 5.74) is 7.06. The molecule has 0 saturated carbocycles. The third-order valence-electron chi connectivity index (χ3n) is 4.65. The van der Waals surface area contributed by atoms with Crippen molar-refractivity contribution in [1.29, 1.82) is 0 Å². The van der Waals surface area contributed by atoms with Gasteiger partial charge in [0.2, 0.25) is 11.9 Å². The lowest BCUT2D eigenvalue weighted by Crippen LogP contribution is -2.17. The first-order chi connectivity index (χ1) is 16.7. The summed E-state index contributed by atoms with van der Waals surface area (Å²) in [6, 6.07) is 16.3. The molecule has 0 saturated heterocycles. The van der Waals surface area contributed by atoms with Crippen LogP contribution < -0.4 is 16.4 Å². The Labute approximate surface area is 197 Å². The number of nitro groups is 1. The van der Waals surface area contributed by atoms with Crippen molar-refractivity contribution < 1.29 is 14.4 Å². The summed E-state index contributed by atoms with van der Waals surface area (Å²) in [5.74, 6) is 1.06. The molecule has 0 fully saturated rings.